The SMILES string of the molecule is Nc1ncn(CC(=O)NCC2CCS(=O)(=O)C2)n1. The molecule has 0 radical (unpaired) electrons. The second-order valence-electron chi connectivity index (χ2n) is 4.37. The molecule has 0 saturated carbocycles. The van der Waals surface area contributed by atoms with Crippen molar-refractivity contribution in [3.05, 3.63) is 6.33 Å². The van der Waals surface area contributed by atoms with Gasteiger partial charge in [-0.15, -0.1) is 5.10 Å². The highest BCUT2D eigenvalue weighted by Crippen LogP contribution is 2.17. The van der Waals surface area contributed by atoms with Gasteiger partial charge in [0.1, 0.15) is 12.9 Å². The first-order chi connectivity index (χ1) is 8.44. The number of nitrogens with one attached hydrogen (secondary N) is 1. The zero-order valence-electron chi connectivity index (χ0n) is 9.74. The molecule has 0 aliphatic carbocycles. The molecule has 1 fully saturated rings. The minimum Gasteiger partial charge on any atom is -0.367 e. The number of nitrogens with zero attached hydrogens (tertiary/aromatic N) is 3. The fourth-order valence-corrected chi connectivity index (χ4v) is 3.74. The van der Waals surface area contributed by atoms with E-state index in [0.29, 0.717) is 13.0 Å². The van der Waals surface area contributed by atoms with Crippen LogP contribution in [-0.4, -0.2) is 47.1 Å². The van der Waals surface area contributed by atoms with Crippen LogP contribution in [0.3, 0.4) is 0 Å². The third-order valence-corrected chi connectivity index (χ3v) is 4.61. The Hall–Kier alpha value is -1.64. The lowest BCUT2D eigenvalue weighted by atomic mass is 10.1. The number of hydrogen-bond acceptors (Lipinski definition) is 6. The predicted octanol–water partition coefficient (Wildman–Crippen LogP) is -1.59. The second kappa shape index (κ2) is 4.92. The topological polar surface area (TPSA) is 120 Å². The number of nitrogen functional groups attached to an aromatic ring is 1. The summed E-state index contributed by atoms with van der Waals surface area (Å²) < 4.78 is 23.8. The maximum absolute atomic E-state index is 11.5. The highest BCUT2D eigenvalue weighted by atomic mass is 32.2. The van der Waals surface area contributed by atoms with Crippen molar-refractivity contribution >= 4 is 21.7 Å². The van der Waals surface area contributed by atoms with E-state index < -0.39 is 9.84 Å². The van der Waals surface area contributed by atoms with Crippen LogP contribution in [0, 0.1) is 5.92 Å². The summed E-state index contributed by atoms with van der Waals surface area (Å²) in [6.45, 7) is 0.409. The van der Waals surface area contributed by atoms with E-state index in [4.69, 9.17) is 5.73 Å². The summed E-state index contributed by atoms with van der Waals surface area (Å²) in [6, 6.07) is 0. The van der Waals surface area contributed by atoms with Gasteiger partial charge in [0.2, 0.25) is 11.9 Å². The lowest BCUT2D eigenvalue weighted by Crippen LogP contribution is -2.32. The van der Waals surface area contributed by atoms with E-state index in [1.807, 2.05) is 0 Å². The summed E-state index contributed by atoms with van der Waals surface area (Å²) in [4.78, 5) is 15.2. The number of amides is 1. The summed E-state index contributed by atoms with van der Waals surface area (Å²) >= 11 is 0. The monoisotopic (exact) mass is 273 g/mol. The van der Waals surface area contributed by atoms with Gasteiger partial charge in [-0.2, -0.15) is 0 Å². The molecular formula is C9H15N5O3S. The molecule has 3 N–H and O–H groups in total. The first-order valence-electron chi connectivity index (χ1n) is 5.57. The molecule has 0 spiro atoms. The maximum Gasteiger partial charge on any atom is 0.241 e. The highest BCUT2D eigenvalue weighted by molar-refractivity contribution is 7.91. The van der Waals surface area contributed by atoms with Crippen molar-refractivity contribution in [3.8, 4) is 0 Å². The van der Waals surface area contributed by atoms with Crippen LogP contribution in [-0.2, 0) is 21.2 Å². The van der Waals surface area contributed by atoms with Crippen molar-refractivity contribution in [2.24, 2.45) is 5.92 Å². The minimum atomic E-state index is -2.89. The standard InChI is InChI=1S/C9H15N5O3S/c10-9-12-6-14(13-9)4-8(15)11-3-7-1-2-18(16,17)5-7/h6-7H,1-5H2,(H2,10,13)(H,11,15). The van der Waals surface area contributed by atoms with Crippen LogP contribution in [0.5, 0.6) is 0 Å². The van der Waals surface area contributed by atoms with Crippen LogP contribution in [0.1, 0.15) is 6.42 Å². The van der Waals surface area contributed by atoms with Gasteiger partial charge in [0.25, 0.3) is 0 Å². The number of aromatic nitrogens is 3. The van der Waals surface area contributed by atoms with Gasteiger partial charge in [-0.05, 0) is 12.3 Å². The summed E-state index contributed by atoms with van der Waals surface area (Å²) in [5.74, 6) is 0.269. The molecule has 1 aliphatic rings. The first-order valence-corrected chi connectivity index (χ1v) is 7.39. The van der Waals surface area contributed by atoms with E-state index in [-0.39, 0.29) is 35.8 Å². The summed E-state index contributed by atoms with van der Waals surface area (Å²) in [5, 5.41) is 6.47. The molecular weight excluding hydrogens is 258 g/mol. The highest BCUT2D eigenvalue weighted by Gasteiger charge is 2.27. The molecule has 18 heavy (non-hydrogen) atoms. The van der Waals surface area contributed by atoms with E-state index >= 15 is 0 Å². The van der Waals surface area contributed by atoms with Crippen molar-refractivity contribution in [2.45, 2.75) is 13.0 Å². The molecule has 8 nitrogen and oxygen atoms in total. The Kier molecular flexibility index (Phi) is 3.50. The fraction of sp³-hybridized carbons (Fsp3) is 0.667. The zero-order valence-corrected chi connectivity index (χ0v) is 10.6. The smallest absolute Gasteiger partial charge is 0.241 e. The van der Waals surface area contributed by atoms with Crippen molar-refractivity contribution < 1.29 is 13.2 Å². The van der Waals surface area contributed by atoms with Gasteiger partial charge in [-0.3, -0.25) is 4.79 Å². The van der Waals surface area contributed by atoms with E-state index in [2.05, 4.69) is 15.4 Å². The van der Waals surface area contributed by atoms with Gasteiger partial charge in [-0.1, -0.05) is 0 Å². The Morgan fingerprint density at radius 2 is 2.39 bits per heavy atom. The van der Waals surface area contributed by atoms with Crippen molar-refractivity contribution in [1.82, 2.24) is 20.1 Å². The molecule has 1 aromatic heterocycles. The maximum atomic E-state index is 11.5. The number of anilines is 1. The number of rotatable bonds is 4. The minimum absolute atomic E-state index is 0.0137. The molecule has 1 unspecified atom stereocenters. The first kappa shape index (κ1) is 12.8. The number of sulfone groups is 1. The van der Waals surface area contributed by atoms with Gasteiger partial charge >= 0.3 is 0 Å². The molecule has 1 saturated heterocycles. The molecule has 0 bridgehead atoms. The fourth-order valence-electron chi connectivity index (χ4n) is 1.88. The average molecular weight is 273 g/mol. The number of hydrogen-bond donors (Lipinski definition) is 2. The second-order valence-corrected chi connectivity index (χ2v) is 6.60. The number of nitrogens with two attached hydrogens (primary N) is 1. The Bertz CT molecular complexity index is 538. The van der Waals surface area contributed by atoms with Crippen LogP contribution < -0.4 is 11.1 Å². The van der Waals surface area contributed by atoms with Crippen LogP contribution in [0.15, 0.2) is 6.33 Å². The molecule has 2 heterocycles. The molecule has 1 atom stereocenters. The van der Waals surface area contributed by atoms with Gasteiger partial charge < -0.3 is 11.1 Å². The molecule has 1 aliphatic heterocycles. The third kappa shape index (κ3) is 3.42. The van der Waals surface area contributed by atoms with Gasteiger partial charge in [0.05, 0.1) is 11.5 Å². The van der Waals surface area contributed by atoms with Crippen molar-refractivity contribution in [1.29, 1.82) is 0 Å². The number of carbonyl (C=O) groups is 1. The molecule has 0 aromatic carbocycles. The molecule has 9 heteroatoms. The van der Waals surface area contributed by atoms with Crippen molar-refractivity contribution in [3.63, 3.8) is 0 Å². The van der Waals surface area contributed by atoms with Crippen LogP contribution in [0.4, 0.5) is 5.95 Å². The Morgan fingerprint density at radius 3 is 2.94 bits per heavy atom. The van der Waals surface area contributed by atoms with Crippen LogP contribution in [0.2, 0.25) is 0 Å². The Labute approximate surface area is 104 Å². The predicted molar refractivity (Wildman–Crippen MR) is 64.2 cm³/mol. The summed E-state index contributed by atoms with van der Waals surface area (Å²) in [6.07, 6.45) is 1.98. The Morgan fingerprint density at radius 1 is 1.61 bits per heavy atom. The summed E-state index contributed by atoms with van der Waals surface area (Å²) in [5.41, 5.74) is 5.32. The zero-order chi connectivity index (χ0) is 13.2. The lowest BCUT2D eigenvalue weighted by molar-refractivity contribution is -0.122. The molecule has 1 amide bonds. The van der Waals surface area contributed by atoms with E-state index in [9.17, 15) is 13.2 Å². The summed E-state index contributed by atoms with van der Waals surface area (Å²) in [7, 11) is -2.89. The lowest BCUT2D eigenvalue weighted by Gasteiger charge is -2.09. The molecule has 100 valence electrons. The van der Waals surface area contributed by atoms with Crippen molar-refractivity contribution in [2.75, 3.05) is 23.8 Å². The van der Waals surface area contributed by atoms with Gasteiger partial charge in [0, 0.05) is 6.54 Å². The normalized spacial score (nSPS) is 21.9. The van der Waals surface area contributed by atoms with E-state index in [0.717, 1.165) is 0 Å². The quantitative estimate of drug-likeness (QED) is 0.682. The average Bonchev–Trinajstić information content (AvgIpc) is 2.82. The van der Waals surface area contributed by atoms with E-state index in [1.54, 1.807) is 0 Å². The molecule has 2 rings (SSSR count). The van der Waals surface area contributed by atoms with Gasteiger partial charge in [0.15, 0.2) is 9.84 Å². The Balaban J connectivity index is 1.76. The van der Waals surface area contributed by atoms with E-state index in [1.165, 1.54) is 11.0 Å². The largest absolute Gasteiger partial charge is 0.367 e. The molecule has 1 aromatic rings. The van der Waals surface area contributed by atoms with Crippen LogP contribution in [0.25, 0.3) is 0 Å². The number of carbonyl (C=O) groups excluding carboxylic acids is 1. The van der Waals surface area contributed by atoms with Gasteiger partial charge in [-0.25, -0.2) is 18.1 Å². The third-order valence-electron chi connectivity index (χ3n) is 2.77. The van der Waals surface area contributed by atoms with Crippen LogP contribution >= 0.6 is 0 Å².